The summed E-state index contributed by atoms with van der Waals surface area (Å²) in [5.74, 6) is -0.686. The molecule has 46 heavy (non-hydrogen) atoms. The van der Waals surface area contributed by atoms with Crippen molar-refractivity contribution in [2.24, 2.45) is 17.8 Å². The van der Waals surface area contributed by atoms with Crippen molar-refractivity contribution in [1.29, 1.82) is 0 Å². The number of ketones is 1. The number of benzene rings is 3. The van der Waals surface area contributed by atoms with E-state index < -0.39 is 23.9 Å². The maximum absolute atomic E-state index is 13.8. The summed E-state index contributed by atoms with van der Waals surface area (Å²) in [6, 6.07) is 21.7. The summed E-state index contributed by atoms with van der Waals surface area (Å²) < 4.78 is 10.5. The normalized spacial score (nSPS) is 11.8. The molecule has 7 nitrogen and oxygen atoms in total. The van der Waals surface area contributed by atoms with Crippen molar-refractivity contribution in [3.63, 3.8) is 0 Å². The number of hydrogen-bond acceptors (Lipinski definition) is 8. The van der Waals surface area contributed by atoms with Crippen molar-refractivity contribution >= 4 is 47.2 Å². The quantitative estimate of drug-likeness (QED) is 0.0897. The Kier molecular flexibility index (Phi) is 14.9. The second-order valence-electron chi connectivity index (χ2n) is 12.2. The molecule has 0 saturated carbocycles. The van der Waals surface area contributed by atoms with E-state index in [9.17, 15) is 19.2 Å². The van der Waals surface area contributed by atoms with Crippen LogP contribution < -0.4 is 5.32 Å². The zero-order valence-electron chi connectivity index (χ0n) is 27.5. The number of ether oxygens (including phenoxy) is 2. The van der Waals surface area contributed by atoms with Crippen LogP contribution in [0.2, 0.25) is 0 Å². The summed E-state index contributed by atoms with van der Waals surface area (Å²) in [6.45, 7) is 12.1. The molecule has 0 spiro atoms. The topological polar surface area (TPSA) is 98.8 Å². The molecule has 1 amide bonds. The average molecular weight is 664 g/mol. The minimum absolute atomic E-state index is 0.00535. The van der Waals surface area contributed by atoms with Gasteiger partial charge in [-0.1, -0.05) is 75.2 Å². The molecule has 246 valence electrons. The van der Waals surface area contributed by atoms with Gasteiger partial charge >= 0.3 is 11.9 Å². The van der Waals surface area contributed by atoms with Crippen LogP contribution in [0.25, 0.3) is 0 Å². The summed E-state index contributed by atoms with van der Waals surface area (Å²) in [4.78, 5) is 54.3. The number of amides is 1. The van der Waals surface area contributed by atoms with E-state index in [1.165, 1.54) is 11.1 Å². The van der Waals surface area contributed by atoms with Gasteiger partial charge in [-0.2, -0.15) is 0 Å². The van der Waals surface area contributed by atoms with Gasteiger partial charge in [-0.05, 0) is 62.1 Å². The van der Waals surface area contributed by atoms with Crippen molar-refractivity contribution in [1.82, 2.24) is 5.32 Å². The van der Waals surface area contributed by atoms with Crippen LogP contribution >= 0.6 is 23.5 Å². The molecule has 3 aromatic rings. The van der Waals surface area contributed by atoms with Gasteiger partial charge in [-0.3, -0.25) is 14.4 Å². The van der Waals surface area contributed by atoms with Gasteiger partial charge < -0.3 is 14.8 Å². The fourth-order valence-electron chi connectivity index (χ4n) is 4.15. The van der Waals surface area contributed by atoms with Crippen LogP contribution in [0.3, 0.4) is 0 Å². The predicted octanol–water partition coefficient (Wildman–Crippen LogP) is 7.57. The number of esters is 2. The van der Waals surface area contributed by atoms with Crippen LogP contribution in [-0.2, 0) is 19.1 Å². The minimum atomic E-state index is -1.20. The molecule has 1 atom stereocenters. The van der Waals surface area contributed by atoms with E-state index in [2.05, 4.69) is 53.8 Å². The number of Topliss-reactive ketones (excluding diaryl/α,β-unsaturated/α-hetero) is 1. The molecular formula is C37H45NO6S2. The van der Waals surface area contributed by atoms with Crippen LogP contribution in [0.5, 0.6) is 0 Å². The van der Waals surface area contributed by atoms with Crippen LogP contribution in [0.1, 0.15) is 66.0 Å². The maximum atomic E-state index is 13.8. The lowest BCUT2D eigenvalue weighted by atomic mass is 9.99. The summed E-state index contributed by atoms with van der Waals surface area (Å²) in [7, 11) is 0. The predicted molar refractivity (Wildman–Crippen MR) is 186 cm³/mol. The van der Waals surface area contributed by atoms with Crippen LogP contribution in [0.15, 0.2) is 82.6 Å². The summed E-state index contributed by atoms with van der Waals surface area (Å²) in [5, 5.41) is 2.63. The Morgan fingerprint density at radius 3 is 1.59 bits per heavy atom. The smallest absolute Gasteiger partial charge is 0.329 e. The molecule has 3 rings (SSSR count). The first-order chi connectivity index (χ1) is 21.9. The number of thioether (sulfide) groups is 2. The summed E-state index contributed by atoms with van der Waals surface area (Å²) in [6.07, 6.45) is -0.342. The number of carbonyl (C=O) groups excluding carboxylic acids is 4. The molecule has 1 N–H and O–H groups in total. The van der Waals surface area contributed by atoms with Gasteiger partial charge in [0.05, 0.1) is 19.6 Å². The molecule has 0 aliphatic rings. The third kappa shape index (κ3) is 12.7. The largest absolute Gasteiger partial charge is 0.465 e. The molecular weight excluding hydrogens is 619 g/mol. The monoisotopic (exact) mass is 663 g/mol. The minimum Gasteiger partial charge on any atom is -0.465 e. The fraction of sp³-hybridized carbons (Fsp3) is 0.405. The highest BCUT2D eigenvalue weighted by molar-refractivity contribution is 8.00. The van der Waals surface area contributed by atoms with E-state index in [1.54, 1.807) is 47.8 Å². The number of rotatable bonds is 17. The number of carbonyl (C=O) groups is 4. The molecule has 9 heteroatoms. The van der Waals surface area contributed by atoms with Gasteiger partial charge in [-0.25, -0.2) is 4.79 Å². The van der Waals surface area contributed by atoms with E-state index in [1.807, 2.05) is 41.5 Å². The molecule has 0 aliphatic heterocycles. The van der Waals surface area contributed by atoms with Crippen LogP contribution in [-0.4, -0.2) is 54.4 Å². The third-order valence-corrected chi connectivity index (χ3v) is 9.19. The molecule has 0 aliphatic carbocycles. The average Bonchev–Trinajstić information content (AvgIpc) is 3.03. The Morgan fingerprint density at radius 1 is 0.652 bits per heavy atom. The number of nitrogens with one attached hydrogen (secondary N) is 1. The van der Waals surface area contributed by atoms with Gasteiger partial charge in [0.15, 0.2) is 5.78 Å². The highest BCUT2D eigenvalue weighted by Crippen LogP contribution is 2.28. The Morgan fingerprint density at radius 2 is 1.11 bits per heavy atom. The molecule has 0 fully saturated rings. The van der Waals surface area contributed by atoms with E-state index in [-0.39, 0.29) is 48.7 Å². The van der Waals surface area contributed by atoms with Crippen molar-refractivity contribution in [2.45, 2.75) is 63.8 Å². The Labute approximate surface area is 281 Å². The number of aryl methyl sites for hydroxylation is 2. The van der Waals surface area contributed by atoms with Gasteiger partial charge in [-0.15, -0.1) is 23.5 Å². The summed E-state index contributed by atoms with van der Waals surface area (Å²) >= 11 is 3.30. The summed E-state index contributed by atoms with van der Waals surface area (Å²) in [5.41, 5.74) is 3.12. The Hall–Kier alpha value is -3.56. The van der Waals surface area contributed by atoms with Gasteiger partial charge in [0.1, 0.15) is 6.04 Å². The molecule has 1 unspecified atom stereocenters. The lowest BCUT2D eigenvalue weighted by Gasteiger charge is -2.19. The second kappa shape index (κ2) is 18.6. The number of hydrogen-bond donors (Lipinski definition) is 1. The molecule has 3 aromatic carbocycles. The lowest BCUT2D eigenvalue weighted by molar-refractivity contribution is -0.153. The van der Waals surface area contributed by atoms with Crippen molar-refractivity contribution in [2.75, 3.05) is 24.7 Å². The van der Waals surface area contributed by atoms with Crippen LogP contribution in [0.4, 0.5) is 0 Å². The van der Waals surface area contributed by atoms with Gasteiger partial charge in [0, 0.05) is 38.3 Å². The highest BCUT2D eigenvalue weighted by Gasteiger charge is 2.28. The highest BCUT2D eigenvalue weighted by atomic mass is 32.2. The Bertz CT molecular complexity index is 1390. The Balaban J connectivity index is 1.72. The zero-order chi connectivity index (χ0) is 33.6. The van der Waals surface area contributed by atoms with Gasteiger partial charge in [0.2, 0.25) is 0 Å². The van der Waals surface area contributed by atoms with Crippen molar-refractivity contribution < 1.29 is 28.7 Å². The first-order valence-electron chi connectivity index (χ1n) is 15.6. The molecule has 0 radical (unpaired) electrons. The first kappa shape index (κ1) is 36.9. The van der Waals surface area contributed by atoms with E-state index in [0.717, 1.165) is 9.79 Å². The van der Waals surface area contributed by atoms with Crippen molar-refractivity contribution in [3.8, 4) is 0 Å². The fourth-order valence-corrected chi connectivity index (χ4v) is 6.29. The lowest BCUT2D eigenvalue weighted by Crippen LogP contribution is -2.44. The van der Waals surface area contributed by atoms with Crippen LogP contribution in [0, 0.1) is 31.6 Å². The standard InChI is InChI=1S/C37H45NO6S2/c1-24(2)20-43-34(39)19-33(37(42)44-21-25(3)4)38-36(41)29-13-11-28(12-14-29)35(40)30(22-45-31-15-7-26(5)8-16-31)23-46-32-17-9-27(6)10-18-32/h7-18,24-25,30,33H,19-23H2,1-6H3,(H,38,41). The molecule has 0 aromatic heterocycles. The van der Waals surface area contributed by atoms with E-state index in [4.69, 9.17) is 9.47 Å². The molecule has 0 saturated heterocycles. The zero-order valence-corrected chi connectivity index (χ0v) is 29.2. The van der Waals surface area contributed by atoms with E-state index in [0.29, 0.717) is 17.1 Å². The second-order valence-corrected chi connectivity index (χ2v) is 14.4. The molecule has 0 heterocycles. The third-order valence-electron chi connectivity index (χ3n) is 6.84. The molecule has 0 bridgehead atoms. The first-order valence-corrected chi connectivity index (χ1v) is 17.5. The van der Waals surface area contributed by atoms with E-state index >= 15 is 0 Å². The maximum Gasteiger partial charge on any atom is 0.329 e. The SMILES string of the molecule is Cc1ccc(SCC(CSc2ccc(C)cc2)C(=O)c2ccc(C(=O)NC(CC(=O)OCC(C)C)C(=O)OCC(C)C)cc2)cc1. The van der Waals surface area contributed by atoms with Crippen molar-refractivity contribution in [3.05, 3.63) is 95.1 Å². The van der Waals surface area contributed by atoms with Gasteiger partial charge in [0.25, 0.3) is 5.91 Å².